The third-order valence-corrected chi connectivity index (χ3v) is 5.23. The van der Waals surface area contributed by atoms with E-state index >= 15 is 0 Å². The molecule has 0 fully saturated rings. The molecule has 1 aliphatic heterocycles. The van der Waals surface area contributed by atoms with Gasteiger partial charge in [0.15, 0.2) is 23.0 Å². The van der Waals surface area contributed by atoms with Gasteiger partial charge in [0.25, 0.3) is 0 Å². The van der Waals surface area contributed by atoms with Crippen molar-refractivity contribution in [3.8, 4) is 34.1 Å². The molecular formula is C20H23NO4. The van der Waals surface area contributed by atoms with Gasteiger partial charge in [0, 0.05) is 11.6 Å². The minimum atomic E-state index is 0.282. The Labute approximate surface area is 147 Å². The van der Waals surface area contributed by atoms with Crippen molar-refractivity contribution in [1.29, 1.82) is 0 Å². The monoisotopic (exact) mass is 341 g/mol. The second kappa shape index (κ2) is 6.15. The van der Waals surface area contributed by atoms with E-state index in [-0.39, 0.29) is 6.04 Å². The molecule has 132 valence electrons. The standard InChI is InChI=1S/C20H23NO4/c1-22-15-9-12-7-14-18-11(5-6-21-14)8-17(24-3)20(25-4)19(18)13(12)10-16(15)23-2/h8-10,14,21H,5-7H2,1-4H3/t14-/m1/s1. The van der Waals surface area contributed by atoms with Crippen molar-refractivity contribution >= 4 is 0 Å². The molecule has 0 aromatic heterocycles. The Hall–Kier alpha value is -2.40. The predicted molar refractivity (Wildman–Crippen MR) is 96.2 cm³/mol. The lowest BCUT2D eigenvalue weighted by Gasteiger charge is -2.36. The fraction of sp³-hybridized carbons (Fsp3) is 0.400. The smallest absolute Gasteiger partial charge is 0.168 e. The van der Waals surface area contributed by atoms with E-state index in [1.54, 1.807) is 28.4 Å². The Balaban J connectivity index is 2.05. The maximum atomic E-state index is 5.77. The van der Waals surface area contributed by atoms with Crippen LogP contribution in [0, 0.1) is 0 Å². The predicted octanol–water partition coefficient (Wildman–Crippen LogP) is 3.13. The third kappa shape index (κ3) is 2.34. The molecule has 1 heterocycles. The highest BCUT2D eigenvalue weighted by atomic mass is 16.5. The van der Waals surface area contributed by atoms with Crippen LogP contribution in [0.1, 0.15) is 22.7 Å². The van der Waals surface area contributed by atoms with Gasteiger partial charge in [0.05, 0.1) is 28.4 Å². The van der Waals surface area contributed by atoms with Gasteiger partial charge in [-0.1, -0.05) is 0 Å². The van der Waals surface area contributed by atoms with Crippen LogP contribution >= 0.6 is 0 Å². The van der Waals surface area contributed by atoms with Gasteiger partial charge in [-0.3, -0.25) is 0 Å². The van der Waals surface area contributed by atoms with Crippen molar-refractivity contribution < 1.29 is 18.9 Å². The number of hydrogen-bond donors (Lipinski definition) is 1. The molecule has 5 heteroatoms. The molecule has 0 amide bonds. The Morgan fingerprint density at radius 1 is 0.840 bits per heavy atom. The number of fused-ring (bicyclic) bond motifs is 2. The summed E-state index contributed by atoms with van der Waals surface area (Å²) >= 11 is 0. The van der Waals surface area contributed by atoms with Crippen LogP contribution in [0.3, 0.4) is 0 Å². The maximum Gasteiger partial charge on any atom is 0.168 e. The van der Waals surface area contributed by atoms with Crippen molar-refractivity contribution in [3.05, 3.63) is 34.9 Å². The molecule has 1 aliphatic carbocycles. The summed E-state index contributed by atoms with van der Waals surface area (Å²) in [6.45, 7) is 0.967. The highest BCUT2D eigenvalue weighted by Crippen LogP contribution is 2.52. The summed E-state index contributed by atoms with van der Waals surface area (Å²) in [4.78, 5) is 0. The molecule has 4 rings (SSSR count). The Bertz CT molecular complexity index is 831. The lowest BCUT2D eigenvalue weighted by Crippen LogP contribution is -2.34. The van der Waals surface area contributed by atoms with E-state index in [0.717, 1.165) is 53.5 Å². The van der Waals surface area contributed by atoms with Crippen LogP contribution in [0.15, 0.2) is 18.2 Å². The zero-order valence-corrected chi connectivity index (χ0v) is 15.1. The fourth-order valence-corrected chi connectivity index (χ4v) is 4.13. The van der Waals surface area contributed by atoms with Crippen LogP contribution < -0.4 is 24.3 Å². The molecule has 2 aromatic rings. The van der Waals surface area contributed by atoms with Gasteiger partial charge in [-0.05, 0) is 59.8 Å². The number of ether oxygens (including phenoxy) is 4. The largest absolute Gasteiger partial charge is 0.493 e. The zero-order valence-electron chi connectivity index (χ0n) is 15.1. The van der Waals surface area contributed by atoms with Crippen LogP contribution in [-0.2, 0) is 12.8 Å². The van der Waals surface area contributed by atoms with E-state index in [2.05, 4.69) is 23.5 Å². The van der Waals surface area contributed by atoms with Gasteiger partial charge < -0.3 is 24.3 Å². The zero-order chi connectivity index (χ0) is 17.6. The minimum Gasteiger partial charge on any atom is -0.493 e. The van der Waals surface area contributed by atoms with Crippen LogP contribution in [0.25, 0.3) is 11.1 Å². The van der Waals surface area contributed by atoms with Gasteiger partial charge in [-0.15, -0.1) is 0 Å². The molecule has 2 aliphatic rings. The SMILES string of the molecule is COc1cc2c(cc1OC)-c1c(OC)c(OC)cc3c1[C@@H](C2)NCC3. The molecule has 0 saturated carbocycles. The number of nitrogens with one attached hydrogen (secondary N) is 1. The number of rotatable bonds is 4. The van der Waals surface area contributed by atoms with Crippen molar-refractivity contribution in [2.24, 2.45) is 0 Å². The van der Waals surface area contributed by atoms with E-state index in [1.165, 1.54) is 16.7 Å². The Kier molecular flexibility index (Phi) is 3.96. The van der Waals surface area contributed by atoms with Crippen molar-refractivity contribution in [2.75, 3.05) is 35.0 Å². The minimum absolute atomic E-state index is 0.282. The van der Waals surface area contributed by atoms with Crippen LogP contribution in [-0.4, -0.2) is 35.0 Å². The molecule has 25 heavy (non-hydrogen) atoms. The van der Waals surface area contributed by atoms with E-state index in [9.17, 15) is 0 Å². The maximum absolute atomic E-state index is 5.77. The van der Waals surface area contributed by atoms with Crippen LogP contribution in [0.2, 0.25) is 0 Å². The average Bonchev–Trinajstić information content (AvgIpc) is 2.66. The first kappa shape index (κ1) is 16.1. The molecule has 0 saturated heterocycles. The van der Waals surface area contributed by atoms with Gasteiger partial charge in [-0.2, -0.15) is 0 Å². The molecule has 0 spiro atoms. The van der Waals surface area contributed by atoms with Crippen molar-refractivity contribution in [3.63, 3.8) is 0 Å². The molecule has 0 radical (unpaired) electrons. The summed E-state index contributed by atoms with van der Waals surface area (Å²) < 4.78 is 22.4. The van der Waals surface area contributed by atoms with Gasteiger partial charge in [0.2, 0.25) is 0 Å². The summed E-state index contributed by atoms with van der Waals surface area (Å²) in [5, 5.41) is 3.64. The first-order chi connectivity index (χ1) is 12.2. The summed E-state index contributed by atoms with van der Waals surface area (Å²) in [5.74, 6) is 3.03. The Morgan fingerprint density at radius 3 is 2.20 bits per heavy atom. The summed E-state index contributed by atoms with van der Waals surface area (Å²) in [5.41, 5.74) is 6.11. The number of benzene rings is 2. The fourth-order valence-electron chi connectivity index (χ4n) is 4.13. The molecule has 2 aromatic carbocycles. The molecule has 1 N–H and O–H groups in total. The number of methoxy groups -OCH3 is 4. The normalized spacial score (nSPS) is 17.4. The first-order valence-corrected chi connectivity index (χ1v) is 8.48. The molecular weight excluding hydrogens is 318 g/mol. The number of hydrogen-bond acceptors (Lipinski definition) is 5. The third-order valence-electron chi connectivity index (χ3n) is 5.23. The molecule has 0 bridgehead atoms. The highest BCUT2D eigenvalue weighted by molar-refractivity contribution is 5.85. The lowest BCUT2D eigenvalue weighted by atomic mass is 9.77. The van der Waals surface area contributed by atoms with Crippen molar-refractivity contribution in [1.82, 2.24) is 5.32 Å². The van der Waals surface area contributed by atoms with E-state index in [0.29, 0.717) is 0 Å². The van der Waals surface area contributed by atoms with Crippen molar-refractivity contribution in [2.45, 2.75) is 18.9 Å². The van der Waals surface area contributed by atoms with E-state index in [1.807, 2.05) is 0 Å². The summed E-state index contributed by atoms with van der Waals surface area (Å²) in [7, 11) is 6.71. The average molecular weight is 341 g/mol. The first-order valence-electron chi connectivity index (χ1n) is 8.48. The Morgan fingerprint density at radius 2 is 1.52 bits per heavy atom. The van der Waals surface area contributed by atoms with E-state index in [4.69, 9.17) is 18.9 Å². The van der Waals surface area contributed by atoms with Gasteiger partial charge in [0.1, 0.15) is 0 Å². The van der Waals surface area contributed by atoms with Crippen LogP contribution in [0.5, 0.6) is 23.0 Å². The second-order valence-corrected chi connectivity index (χ2v) is 6.39. The summed E-state index contributed by atoms with van der Waals surface area (Å²) in [6.07, 6.45) is 1.91. The molecule has 5 nitrogen and oxygen atoms in total. The van der Waals surface area contributed by atoms with Crippen LogP contribution in [0.4, 0.5) is 0 Å². The van der Waals surface area contributed by atoms with E-state index < -0.39 is 0 Å². The molecule has 0 unspecified atom stereocenters. The highest BCUT2D eigenvalue weighted by Gasteiger charge is 2.34. The molecule has 1 atom stereocenters. The lowest BCUT2D eigenvalue weighted by molar-refractivity contribution is 0.350. The van der Waals surface area contributed by atoms with Gasteiger partial charge in [-0.25, -0.2) is 0 Å². The topological polar surface area (TPSA) is 49.0 Å². The quantitative estimate of drug-likeness (QED) is 0.926. The summed E-state index contributed by atoms with van der Waals surface area (Å²) in [6, 6.07) is 6.53. The van der Waals surface area contributed by atoms with Gasteiger partial charge >= 0.3 is 0 Å². The second-order valence-electron chi connectivity index (χ2n) is 6.39.